The fraction of sp³-hybridized carbons (Fsp3) is 0.318. The van der Waals surface area contributed by atoms with E-state index in [0.29, 0.717) is 30.6 Å². The number of para-hydroxylation sites is 1. The summed E-state index contributed by atoms with van der Waals surface area (Å²) in [5, 5.41) is 9.41. The van der Waals surface area contributed by atoms with Crippen LogP contribution in [0.3, 0.4) is 0 Å². The SMILES string of the molecule is CN(Cc1ccc(O)cc1)C(=O)CN1C(=O)c2ccccc2N2C(=O)CC[C@]12C. The van der Waals surface area contributed by atoms with E-state index in [1.807, 2.05) is 13.0 Å². The van der Waals surface area contributed by atoms with Crippen molar-refractivity contribution in [2.45, 2.75) is 32.0 Å². The lowest BCUT2D eigenvalue weighted by Gasteiger charge is -2.48. The summed E-state index contributed by atoms with van der Waals surface area (Å²) in [5.74, 6) is -0.326. The second kappa shape index (κ2) is 6.92. The molecule has 29 heavy (non-hydrogen) atoms. The topological polar surface area (TPSA) is 81.2 Å². The number of phenols is 1. The van der Waals surface area contributed by atoms with Crippen molar-refractivity contribution in [3.8, 4) is 5.75 Å². The van der Waals surface area contributed by atoms with E-state index < -0.39 is 5.66 Å². The quantitative estimate of drug-likeness (QED) is 0.865. The van der Waals surface area contributed by atoms with Gasteiger partial charge in [0, 0.05) is 20.0 Å². The van der Waals surface area contributed by atoms with Gasteiger partial charge in [-0.2, -0.15) is 0 Å². The van der Waals surface area contributed by atoms with Gasteiger partial charge in [0.15, 0.2) is 0 Å². The minimum absolute atomic E-state index is 0.0395. The molecule has 2 aliphatic rings. The van der Waals surface area contributed by atoms with Gasteiger partial charge in [-0.05, 0) is 43.2 Å². The van der Waals surface area contributed by atoms with Crippen LogP contribution < -0.4 is 4.90 Å². The molecule has 2 heterocycles. The molecule has 1 atom stereocenters. The third-order valence-electron chi connectivity index (χ3n) is 5.82. The molecule has 0 saturated carbocycles. The molecule has 0 aromatic heterocycles. The zero-order valence-electron chi connectivity index (χ0n) is 16.5. The Morgan fingerprint density at radius 2 is 1.83 bits per heavy atom. The van der Waals surface area contributed by atoms with Gasteiger partial charge in [0.05, 0.1) is 11.3 Å². The molecule has 0 spiro atoms. The maximum absolute atomic E-state index is 13.2. The summed E-state index contributed by atoms with van der Waals surface area (Å²) in [7, 11) is 1.68. The van der Waals surface area contributed by atoms with E-state index >= 15 is 0 Å². The van der Waals surface area contributed by atoms with E-state index in [4.69, 9.17) is 0 Å². The molecule has 7 nitrogen and oxygen atoms in total. The van der Waals surface area contributed by atoms with Crippen LogP contribution in [0.4, 0.5) is 5.69 Å². The first kappa shape index (κ1) is 19.0. The molecule has 2 aliphatic heterocycles. The zero-order valence-corrected chi connectivity index (χ0v) is 16.5. The molecule has 2 aromatic carbocycles. The van der Waals surface area contributed by atoms with Crippen LogP contribution in [0.25, 0.3) is 0 Å². The molecule has 4 rings (SSSR count). The Morgan fingerprint density at radius 3 is 2.55 bits per heavy atom. The summed E-state index contributed by atoms with van der Waals surface area (Å²) < 4.78 is 0. The minimum atomic E-state index is -0.850. The first-order chi connectivity index (χ1) is 13.8. The Hall–Kier alpha value is -3.35. The minimum Gasteiger partial charge on any atom is -0.508 e. The number of nitrogens with zero attached hydrogens (tertiary/aromatic N) is 3. The number of carbonyl (C=O) groups excluding carboxylic acids is 3. The predicted octanol–water partition coefficient (Wildman–Crippen LogP) is 2.35. The third-order valence-corrected chi connectivity index (χ3v) is 5.82. The molecule has 0 aliphatic carbocycles. The summed E-state index contributed by atoms with van der Waals surface area (Å²) in [4.78, 5) is 43.5. The Bertz CT molecular complexity index is 988. The molecule has 0 radical (unpaired) electrons. The van der Waals surface area contributed by atoms with Crippen molar-refractivity contribution in [2.75, 3.05) is 18.5 Å². The van der Waals surface area contributed by atoms with Gasteiger partial charge < -0.3 is 14.9 Å². The normalized spacial score (nSPS) is 20.5. The number of rotatable bonds is 4. The predicted molar refractivity (Wildman–Crippen MR) is 107 cm³/mol. The van der Waals surface area contributed by atoms with Crippen molar-refractivity contribution < 1.29 is 19.5 Å². The van der Waals surface area contributed by atoms with Crippen LogP contribution in [0.1, 0.15) is 35.7 Å². The monoisotopic (exact) mass is 393 g/mol. The van der Waals surface area contributed by atoms with E-state index in [0.717, 1.165) is 5.56 Å². The van der Waals surface area contributed by atoms with E-state index in [2.05, 4.69) is 0 Å². The zero-order chi connectivity index (χ0) is 20.8. The van der Waals surface area contributed by atoms with Gasteiger partial charge in [0.1, 0.15) is 18.0 Å². The van der Waals surface area contributed by atoms with E-state index in [1.165, 1.54) is 4.90 Å². The lowest BCUT2D eigenvalue weighted by atomic mass is 9.98. The largest absolute Gasteiger partial charge is 0.508 e. The van der Waals surface area contributed by atoms with Gasteiger partial charge in [0.25, 0.3) is 5.91 Å². The number of benzene rings is 2. The van der Waals surface area contributed by atoms with Crippen molar-refractivity contribution in [1.29, 1.82) is 0 Å². The number of hydrogen-bond acceptors (Lipinski definition) is 4. The van der Waals surface area contributed by atoms with Crippen LogP contribution in [-0.2, 0) is 16.1 Å². The summed E-state index contributed by atoms with van der Waals surface area (Å²) >= 11 is 0. The van der Waals surface area contributed by atoms with Gasteiger partial charge >= 0.3 is 0 Å². The molecule has 1 fully saturated rings. The van der Waals surface area contributed by atoms with Crippen molar-refractivity contribution in [3.63, 3.8) is 0 Å². The molecule has 2 aromatic rings. The molecular weight excluding hydrogens is 370 g/mol. The number of amides is 3. The van der Waals surface area contributed by atoms with E-state index in [1.54, 1.807) is 59.3 Å². The highest BCUT2D eigenvalue weighted by atomic mass is 16.3. The van der Waals surface area contributed by atoms with Crippen LogP contribution in [0.2, 0.25) is 0 Å². The lowest BCUT2D eigenvalue weighted by Crippen LogP contribution is -2.63. The van der Waals surface area contributed by atoms with Crippen LogP contribution >= 0.6 is 0 Å². The number of hydrogen-bond donors (Lipinski definition) is 1. The lowest BCUT2D eigenvalue weighted by molar-refractivity contribution is -0.132. The highest BCUT2D eigenvalue weighted by Crippen LogP contribution is 2.43. The number of phenolic OH excluding ortho intramolecular Hbond substituents is 1. The average Bonchev–Trinajstić information content (AvgIpc) is 3.02. The molecule has 1 saturated heterocycles. The van der Waals surface area contributed by atoms with Gasteiger partial charge in [-0.1, -0.05) is 24.3 Å². The number of aromatic hydroxyl groups is 1. The van der Waals surface area contributed by atoms with Crippen LogP contribution in [-0.4, -0.2) is 51.9 Å². The highest BCUT2D eigenvalue weighted by Gasteiger charge is 2.53. The molecule has 150 valence electrons. The van der Waals surface area contributed by atoms with Gasteiger partial charge in [-0.15, -0.1) is 0 Å². The van der Waals surface area contributed by atoms with Gasteiger partial charge in [0.2, 0.25) is 11.8 Å². The Balaban J connectivity index is 1.59. The Morgan fingerprint density at radius 1 is 1.14 bits per heavy atom. The summed E-state index contributed by atoms with van der Waals surface area (Å²) in [6, 6.07) is 13.7. The number of carbonyl (C=O) groups is 3. The summed E-state index contributed by atoms with van der Waals surface area (Å²) in [5.41, 5.74) is 1.08. The first-order valence-corrected chi connectivity index (χ1v) is 9.57. The second-order valence-corrected chi connectivity index (χ2v) is 7.77. The van der Waals surface area contributed by atoms with Crippen LogP contribution in [0, 0.1) is 0 Å². The van der Waals surface area contributed by atoms with Crippen molar-refractivity contribution in [3.05, 3.63) is 59.7 Å². The standard InChI is InChI=1S/C22H23N3O4/c1-22-12-11-19(27)25(22)18-6-4-3-5-17(18)21(29)24(22)14-20(28)23(2)13-15-7-9-16(26)10-8-15/h3-10,26H,11-14H2,1-2H3/t22-/m1/s1. The summed E-state index contributed by atoms with van der Waals surface area (Å²) in [6.45, 7) is 2.10. The highest BCUT2D eigenvalue weighted by molar-refractivity contribution is 6.11. The van der Waals surface area contributed by atoms with Gasteiger partial charge in [-0.3, -0.25) is 19.3 Å². The molecule has 3 amide bonds. The van der Waals surface area contributed by atoms with Gasteiger partial charge in [-0.25, -0.2) is 0 Å². The Kier molecular flexibility index (Phi) is 4.53. The van der Waals surface area contributed by atoms with Crippen LogP contribution in [0.15, 0.2) is 48.5 Å². The molecule has 0 bridgehead atoms. The van der Waals surface area contributed by atoms with Crippen molar-refractivity contribution in [1.82, 2.24) is 9.80 Å². The van der Waals surface area contributed by atoms with Crippen LogP contribution in [0.5, 0.6) is 5.75 Å². The molecule has 7 heteroatoms. The Labute approximate surface area is 169 Å². The fourth-order valence-corrected chi connectivity index (χ4v) is 4.16. The maximum atomic E-state index is 13.2. The number of fused-ring (bicyclic) bond motifs is 3. The van der Waals surface area contributed by atoms with E-state index in [-0.39, 0.29) is 30.0 Å². The maximum Gasteiger partial charge on any atom is 0.258 e. The van der Waals surface area contributed by atoms with Crippen molar-refractivity contribution >= 4 is 23.4 Å². The summed E-state index contributed by atoms with van der Waals surface area (Å²) in [6.07, 6.45) is 0.826. The second-order valence-electron chi connectivity index (χ2n) is 7.77. The number of likely N-dealkylation sites (N-methyl/N-ethyl adjacent to an activating group) is 1. The molecule has 0 unspecified atom stereocenters. The van der Waals surface area contributed by atoms with Crippen molar-refractivity contribution in [2.24, 2.45) is 0 Å². The third kappa shape index (κ3) is 3.12. The first-order valence-electron chi connectivity index (χ1n) is 9.57. The fourth-order valence-electron chi connectivity index (χ4n) is 4.16. The molecular formula is C22H23N3O4. The molecule has 1 N–H and O–H groups in total. The smallest absolute Gasteiger partial charge is 0.258 e. The average molecular weight is 393 g/mol. The number of anilines is 1. The van der Waals surface area contributed by atoms with E-state index in [9.17, 15) is 19.5 Å².